The molecule has 0 radical (unpaired) electrons. The molecular formula is C16H17FN2O3. The third kappa shape index (κ3) is 3.33. The molecule has 2 aromatic rings. The van der Waals surface area contributed by atoms with Crippen LogP contribution in [-0.2, 0) is 11.3 Å². The predicted molar refractivity (Wildman–Crippen MR) is 77.5 cm³/mol. The summed E-state index contributed by atoms with van der Waals surface area (Å²) in [5, 5.41) is 9.11. The number of hydrogen-bond donors (Lipinski definition) is 1. The Balaban J connectivity index is 1.66. The number of likely N-dealkylation sites (tertiary alicyclic amines) is 1. The summed E-state index contributed by atoms with van der Waals surface area (Å²) < 4.78 is 18.3. The minimum Gasteiger partial charge on any atom is -0.481 e. The second-order valence-corrected chi connectivity index (χ2v) is 5.56. The molecule has 1 aromatic heterocycles. The van der Waals surface area contributed by atoms with Crippen LogP contribution in [0.2, 0.25) is 0 Å². The minimum absolute atomic E-state index is 0.302. The third-order valence-corrected chi connectivity index (χ3v) is 3.88. The number of oxazole rings is 1. The number of carboxylic acid groups (broad SMARTS) is 1. The Morgan fingerprint density at radius 3 is 2.91 bits per heavy atom. The van der Waals surface area contributed by atoms with Gasteiger partial charge in [0.05, 0.1) is 11.6 Å². The Hall–Kier alpha value is -2.21. The van der Waals surface area contributed by atoms with Crippen LogP contribution in [0.15, 0.2) is 34.9 Å². The van der Waals surface area contributed by atoms with E-state index in [1.807, 2.05) is 0 Å². The highest BCUT2D eigenvalue weighted by molar-refractivity contribution is 5.70. The van der Waals surface area contributed by atoms with Crippen LogP contribution in [0.3, 0.4) is 0 Å². The van der Waals surface area contributed by atoms with Crippen LogP contribution in [0.25, 0.3) is 11.5 Å². The first-order valence-corrected chi connectivity index (χ1v) is 7.27. The topological polar surface area (TPSA) is 66.6 Å². The zero-order valence-corrected chi connectivity index (χ0v) is 12.0. The van der Waals surface area contributed by atoms with Crippen LogP contribution in [0, 0.1) is 11.7 Å². The zero-order valence-electron chi connectivity index (χ0n) is 12.0. The van der Waals surface area contributed by atoms with Gasteiger partial charge in [-0.15, -0.1) is 0 Å². The molecule has 1 aliphatic rings. The molecule has 0 saturated carbocycles. The van der Waals surface area contributed by atoms with Crippen molar-refractivity contribution in [2.45, 2.75) is 19.4 Å². The van der Waals surface area contributed by atoms with Crippen LogP contribution in [0.5, 0.6) is 0 Å². The van der Waals surface area contributed by atoms with Gasteiger partial charge in [-0.05, 0) is 43.7 Å². The first kappa shape index (κ1) is 14.7. The molecule has 1 saturated heterocycles. The van der Waals surface area contributed by atoms with Gasteiger partial charge < -0.3 is 9.52 Å². The van der Waals surface area contributed by atoms with Gasteiger partial charge in [-0.3, -0.25) is 9.69 Å². The van der Waals surface area contributed by atoms with E-state index in [-0.39, 0.29) is 11.7 Å². The maximum absolute atomic E-state index is 12.9. The Bertz CT molecular complexity index is 654. The van der Waals surface area contributed by atoms with Gasteiger partial charge in [-0.25, -0.2) is 9.37 Å². The number of aliphatic carboxylic acids is 1. The predicted octanol–water partition coefficient (Wildman–Crippen LogP) is 2.78. The summed E-state index contributed by atoms with van der Waals surface area (Å²) in [6.45, 7) is 1.96. The standard InChI is InChI=1S/C16H17FN2O3/c17-13-5-3-11(4-6-13)15-18-14(10-22-15)9-19-7-1-2-12(8-19)16(20)21/h3-6,10,12H,1-2,7-9H2,(H,20,21). The maximum atomic E-state index is 12.9. The molecule has 0 aliphatic carbocycles. The largest absolute Gasteiger partial charge is 0.481 e. The highest BCUT2D eigenvalue weighted by Gasteiger charge is 2.25. The van der Waals surface area contributed by atoms with E-state index in [9.17, 15) is 9.18 Å². The van der Waals surface area contributed by atoms with E-state index in [2.05, 4.69) is 9.88 Å². The van der Waals surface area contributed by atoms with E-state index in [1.54, 1.807) is 18.4 Å². The molecule has 1 fully saturated rings. The lowest BCUT2D eigenvalue weighted by Crippen LogP contribution is -2.38. The molecule has 1 aromatic carbocycles. The number of halogens is 1. The molecule has 0 bridgehead atoms. The third-order valence-electron chi connectivity index (χ3n) is 3.88. The highest BCUT2D eigenvalue weighted by atomic mass is 19.1. The first-order chi connectivity index (χ1) is 10.6. The molecule has 1 unspecified atom stereocenters. The number of piperidine rings is 1. The Morgan fingerprint density at radius 1 is 1.41 bits per heavy atom. The lowest BCUT2D eigenvalue weighted by Gasteiger charge is -2.29. The molecule has 6 heteroatoms. The first-order valence-electron chi connectivity index (χ1n) is 7.27. The smallest absolute Gasteiger partial charge is 0.307 e. The normalized spacial score (nSPS) is 19.2. The summed E-state index contributed by atoms with van der Waals surface area (Å²) in [5.74, 6) is -0.903. The van der Waals surface area contributed by atoms with E-state index in [1.165, 1.54) is 12.1 Å². The van der Waals surface area contributed by atoms with Crippen LogP contribution in [0.4, 0.5) is 4.39 Å². The number of carboxylic acids is 1. The summed E-state index contributed by atoms with van der Waals surface area (Å²) in [6, 6.07) is 5.96. The Kier molecular flexibility index (Phi) is 4.20. The maximum Gasteiger partial charge on any atom is 0.307 e. The minimum atomic E-state index is -0.739. The Labute approximate surface area is 127 Å². The van der Waals surface area contributed by atoms with Crippen molar-refractivity contribution in [1.29, 1.82) is 0 Å². The van der Waals surface area contributed by atoms with Gasteiger partial charge in [0, 0.05) is 18.7 Å². The van der Waals surface area contributed by atoms with Crippen molar-refractivity contribution in [3.63, 3.8) is 0 Å². The second-order valence-electron chi connectivity index (χ2n) is 5.56. The summed E-state index contributed by atoms with van der Waals surface area (Å²) in [4.78, 5) is 17.6. The van der Waals surface area contributed by atoms with Crippen molar-refractivity contribution in [2.24, 2.45) is 5.92 Å². The van der Waals surface area contributed by atoms with Gasteiger partial charge in [-0.1, -0.05) is 0 Å². The average molecular weight is 304 g/mol. The Morgan fingerprint density at radius 2 is 2.18 bits per heavy atom. The fourth-order valence-corrected chi connectivity index (χ4v) is 2.73. The molecule has 2 heterocycles. The number of benzene rings is 1. The van der Waals surface area contributed by atoms with Crippen LogP contribution in [-0.4, -0.2) is 34.0 Å². The SMILES string of the molecule is O=C(O)C1CCCN(Cc2coc(-c3ccc(F)cc3)n2)C1. The zero-order chi connectivity index (χ0) is 15.5. The second kappa shape index (κ2) is 6.27. The van der Waals surface area contributed by atoms with Gasteiger partial charge in [0.25, 0.3) is 0 Å². The molecule has 1 N–H and O–H groups in total. The molecule has 1 aliphatic heterocycles. The summed E-state index contributed by atoms with van der Waals surface area (Å²) >= 11 is 0. The van der Waals surface area contributed by atoms with Crippen LogP contribution >= 0.6 is 0 Å². The number of rotatable bonds is 4. The summed E-state index contributed by atoms with van der Waals surface area (Å²) in [6.07, 6.45) is 3.17. The molecular weight excluding hydrogens is 287 g/mol. The van der Waals surface area contributed by atoms with Crippen LogP contribution in [0.1, 0.15) is 18.5 Å². The average Bonchev–Trinajstić information content (AvgIpc) is 2.96. The van der Waals surface area contributed by atoms with Gasteiger partial charge >= 0.3 is 5.97 Å². The van der Waals surface area contributed by atoms with E-state index in [0.29, 0.717) is 19.0 Å². The van der Waals surface area contributed by atoms with Crippen molar-refractivity contribution in [3.8, 4) is 11.5 Å². The van der Waals surface area contributed by atoms with Crippen molar-refractivity contribution < 1.29 is 18.7 Å². The van der Waals surface area contributed by atoms with E-state index in [0.717, 1.165) is 30.6 Å². The number of nitrogens with zero attached hydrogens (tertiary/aromatic N) is 2. The molecule has 0 amide bonds. The molecule has 1 atom stereocenters. The lowest BCUT2D eigenvalue weighted by molar-refractivity contribution is -0.143. The van der Waals surface area contributed by atoms with Crippen molar-refractivity contribution in [1.82, 2.24) is 9.88 Å². The molecule has 0 spiro atoms. The molecule has 3 rings (SSSR count). The summed E-state index contributed by atoms with van der Waals surface area (Å²) in [5.41, 5.74) is 1.47. The van der Waals surface area contributed by atoms with Gasteiger partial charge in [-0.2, -0.15) is 0 Å². The fraction of sp³-hybridized carbons (Fsp3) is 0.375. The van der Waals surface area contributed by atoms with E-state index < -0.39 is 5.97 Å². The van der Waals surface area contributed by atoms with Crippen molar-refractivity contribution in [2.75, 3.05) is 13.1 Å². The van der Waals surface area contributed by atoms with E-state index in [4.69, 9.17) is 9.52 Å². The van der Waals surface area contributed by atoms with Crippen LogP contribution < -0.4 is 0 Å². The van der Waals surface area contributed by atoms with Gasteiger partial charge in [0.15, 0.2) is 0 Å². The molecule has 116 valence electrons. The fourth-order valence-electron chi connectivity index (χ4n) is 2.73. The van der Waals surface area contributed by atoms with Gasteiger partial charge in [0.2, 0.25) is 5.89 Å². The van der Waals surface area contributed by atoms with Gasteiger partial charge in [0.1, 0.15) is 12.1 Å². The highest BCUT2D eigenvalue weighted by Crippen LogP contribution is 2.22. The molecule has 22 heavy (non-hydrogen) atoms. The number of carbonyl (C=O) groups is 1. The van der Waals surface area contributed by atoms with Crippen molar-refractivity contribution >= 4 is 5.97 Å². The lowest BCUT2D eigenvalue weighted by atomic mass is 9.98. The molecule has 5 nitrogen and oxygen atoms in total. The number of hydrogen-bond acceptors (Lipinski definition) is 4. The van der Waals surface area contributed by atoms with E-state index >= 15 is 0 Å². The summed E-state index contributed by atoms with van der Waals surface area (Å²) in [7, 11) is 0. The quantitative estimate of drug-likeness (QED) is 0.941. The monoisotopic (exact) mass is 304 g/mol. The number of aromatic nitrogens is 1. The van der Waals surface area contributed by atoms with Crippen molar-refractivity contribution in [3.05, 3.63) is 42.0 Å².